The highest BCUT2D eigenvalue weighted by Crippen LogP contribution is 2.50. The van der Waals surface area contributed by atoms with Crippen LogP contribution in [0, 0.1) is 4.81 Å². The van der Waals surface area contributed by atoms with Gasteiger partial charge in [0.15, 0.2) is 0 Å². The summed E-state index contributed by atoms with van der Waals surface area (Å²) >= 11 is 0. The minimum Gasteiger partial charge on any atom is -0.256 e. The maximum atomic E-state index is 4.70. The van der Waals surface area contributed by atoms with Gasteiger partial charge in [0.1, 0.15) is 0 Å². The number of pyridine rings is 2. The topological polar surface area (TPSA) is 25.8 Å². The fourth-order valence-corrected chi connectivity index (χ4v) is 7.01. The smallest absolute Gasteiger partial charge is 0.0705 e. The van der Waals surface area contributed by atoms with Crippen molar-refractivity contribution in [3.8, 4) is 0 Å². The molecule has 153 valence electrons. The van der Waals surface area contributed by atoms with E-state index in [-0.39, 0.29) is 0 Å². The van der Waals surface area contributed by atoms with Crippen LogP contribution in [-0.4, -0.2) is 19.1 Å². The Morgan fingerprint density at radius 1 is 0.636 bits per heavy atom. The molecule has 0 saturated heterocycles. The standard InChI is InChI=1S/C30H19N2Si/c1-4-11-25-20(8-1)23(15-18-31-25)30(24-16-19-32-26-12-5-2-9-21(24)26)17-7-14-28-29(30)22-10-3-6-13-27(22)33-28/h1-19H. The number of rotatable bonds is 2. The third-order valence-electron chi connectivity index (χ3n) is 6.89. The number of aromatic nitrogens is 2. The lowest BCUT2D eigenvalue weighted by molar-refractivity contribution is 0.846. The highest BCUT2D eigenvalue weighted by molar-refractivity contribution is 6.45. The fourth-order valence-electron chi connectivity index (χ4n) is 5.56. The van der Waals surface area contributed by atoms with Crippen LogP contribution in [0.25, 0.3) is 27.4 Å². The summed E-state index contributed by atoms with van der Waals surface area (Å²) < 4.78 is 0. The van der Waals surface area contributed by atoms with Crippen molar-refractivity contribution in [1.29, 1.82) is 0 Å². The van der Waals surface area contributed by atoms with Gasteiger partial charge in [-0.15, -0.1) is 0 Å². The average molecular weight is 436 g/mol. The first kappa shape index (κ1) is 18.6. The lowest BCUT2D eigenvalue weighted by Gasteiger charge is -2.38. The van der Waals surface area contributed by atoms with E-state index in [1.165, 1.54) is 42.7 Å². The molecule has 7 rings (SSSR count). The second kappa shape index (κ2) is 7.02. The second-order valence-electron chi connectivity index (χ2n) is 8.54. The van der Waals surface area contributed by atoms with Crippen LogP contribution in [0.3, 0.4) is 0 Å². The molecule has 1 radical (unpaired) electrons. The third kappa shape index (κ3) is 2.57. The molecule has 0 spiro atoms. The molecule has 0 unspecified atom stereocenters. The monoisotopic (exact) mass is 435 g/mol. The Morgan fingerprint density at radius 3 is 1.94 bits per heavy atom. The Balaban J connectivity index is 1.73. The molecule has 33 heavy (non-hydrogen) atoms. The molecule has 3 aromatic carbocycles. The summed E-state index contributed by atoms with van der Waals surface area (Å²) in [5.74, 6) is 0. The van der Waals surface area contributed by atoms with Crippen LogP contribution in [0.4, 0.5) is 0 Å². The molecule has 3 heterocycles. The lowest BCUT2D eigenvalue weighted by Crippen LogP contribution is -2.33. The van der Waals surface area contributed by atoms with E-state index >= 15 is 0 Å². The number of nitrogens with zero attached hydrogens (tertiary/aromatic N) is 2. The van der Waals surface area contributed by atoms with E-state index in [4.69, 9.17) is 9.97 Å². The number of hydrogen-bond acceptors (Lipinski definition) is 2. The number of allylic oxidation sites excluding steroid dienone is 4. The molecule has 1 aliphatic carbocycles. The van der Waals surface area contributed by atoms with Gasteiger partial charge in [0, 0.05) is 23.2 Å². The Hall–Kier alpha value is -3.95. The molecular formula is C30H19N2Si. The first-order valence-electron chi connectivity index (χ1n) is 11.2. The van der Waals surface area contributed by atoms with E-state index in [9.17, 15) is 0 Å². The summed E-state index contributed by atoms with van der Waals surface area (Å²) in [6.45, 7) is 0. The Morgan fingerprint density at radius 2 is 1.24 bits per heavy atom. The maximum absolute atomic E-state index is 4.70. The van der Waals surface area contributed by atoms with Gasteiger partial charge in [-0.25, -0.2) is 0 Å². The quantitative estimate of drug-likeness (QED) is 0.350. The van der Waals surface area contributed by atoms with E-state index in [0.29, 0.717) is 9.13 Å². The van der Waals surface area contributed by atoms with Gasteiger partial charge in [-0.3, -0.25) is 9.97 Å². The summed E-state index contributed by atoms with van der Waals surface area (Å²) in [4.78, 5) is 10.8. The van der Waals surface area contributed by atoms with E-state index in [2.05, 4.69) is 103 Å². The summed E-state index contributed by atoms with van der Waals surface area (Å²) in [5, 5.41) is 5.15. The van der Waals surface area contributed by atoms with Gasteiger partial charge in [0.25, 0.3) is 0 Å². The zero-order valence-corrected chi connectivity index (χ0v) is 18.9. The highest BCUT2D eigenvalue weighted by Gasteiger charge is 2.42. The third-order valence-corrected chi connectivity index (χ3v) is 8.28. The molecule has 3 heteroatoms. The number of hydrogen-bond donors (Lipinski definition) is 0. The summed E-state index contributed by atoms with van der Waals surface area (Å²) in [6, 6.07) is 30.3. The summed E-state index contributed by atoms with van der Waals surface area (Å²) in [6.07, 6.45) is 10.9. The molecule has 5 aromatic rings. The molecule has 2 nitrogen and oxygen atoms in total. The van der Waals surface area contributed by atoms with Gasteiger partial charge in [-0.1, -0.05) is 78.9 Å². The zero-order valence-electron chi connectivity index (χ0n) is 17.9. The molecule has 2 aliphatic rings. The van der Waals surface area contributed by atoms with Gasteiger partial charge in [-0.05, 0) is 56.2 Å². The SMILES string of the molecule is C1=CC(c2ccnc3ccccc23)(c2ccnc3ccccc23)C2=c3ccccc3=[Si]C2=C1. The molecule has 0 bridgehead atoms. The molecular weight excluding hydrogens is 416 g/mol. The minimum absolute atomic E-state index is 0.436. The predicted octanol–water partition coefficient (Wildman–Crippen LogP) is 5.34. The van der Waals surface area contributed by atoms with Crippen LogP contribution in [0.2, 0.25) is 0 Å². The van der Waals surface area contributed by atoms with Crippen molar-refractivity contribution in [2.75, 3.05) is 0 Å². The average Bonchev–Trinajstić information content (AvgIpc) is 3.27. The molecule has 0 amide bonds. The van der Waals surface area contributed by atoms with Gasteiger partial charge in [-0.2, -0.15) is 0 Å². The molecule has 2 aromatic heterocycles. The molecule has 0 saturated carbocycles. The fraction of sp³-hybridized carbons (Fsp3) is 0.0333. The summed E-state index contributed by atoms with van der Waals surface area (Å²) in [5.41, 5.74) is 5.53. The molecule has 1 aliphatic heterocycles. The molecule has 0 atom stereocenters. The van der Waals surface area contributed by atoms with E-state index in [0.717, 1.165) is 11.0 Å². The minimum atomic E-state index is -0.436. The van der Waals surface area contributed by atoms with Gasteiger partial charge in [0.05, 0.1) is 25.6 Å². The molecule has 0 N–H and O–H groups in total. The van der Waals surface area contributed by atoms with Crippen LogP contribution in [0.5, 0.6) is 0 Å². The number of fused-ring (bicyclic) bond motifs is 4. The van der Waals surface area contributed by atoms with Crippen molar-refractivity contribution in [3.05, 3.63) is 142 Å². The summed E-state index contributed by atoms with van der Waals surface area (Å²) in [7, 11) is 0.661. The van der Waals surface area contributed by atoms with E-state index < -0.39 is 5.41 Å². The number of para-hydroxylation sites is 2. The first-order chi connectivity index (χ1) is 16.4. The van der Waals surface area contributed by atoms with Crippen LogP contribution < -0.4 is 5.22 Å². The van der Waals surface area contributed by atoms with Crippen LogP contribution in [-0.2, 0) is 5.41 Å². The lowest BCUT2D eigenvalue weighted by atomic mass is 9.65. The normalized spacial score (nSPS) is 15.8. The first-order valence-corrected chi connectivity index (χ1v) is 12.2. The second-order valence-corrected chi connectivity index (χ2v) is 9.87. The van der Waals surface area contributed by atoms with Crippen molar-refractivity contribution >= 4 is 36.5 Å². The number of benzene rings is 3. The van der Waals surface area contributed by atoms with E-state index in [1.54, 1.807) is 0 Å². The highest BCUT2D eigenvalue weighted by atomic mass is 28.2. The predicted molar refractivity (Wildman–Crippen MR) is 136 cm³/mol. The van der Waals surface area contributed by atoms with Crippen LogP contribution in [0.1, 0.15) is 11.1 Å². The van der Waals surface area contributed by atoms with Crippen molar-refractivity contribution in [2.45, 2.75) is 5.41 Å². The molecule has 0 fully saturated rings. The van der Waals surface area contributed by atoms with Crippen LogP contribution >= 0.6 is 0 Å². The van der Waals surface area contributed by atoms with Gasteiger partial charge in [0.2, 0.25) is 0 Å². The van der Waals surface area contributed by atoms with Crippen molar-refractivity contribution in [1.82, 2.24) is 9.97 Å². The van der Waals surface area contributed by atoms with Crippen molar-refractivity contribution < 1.29 is 0 Å². The Labute approximate surface area is 193 Å². The Bertz CT molecular complexity index is 1690. The largest absolute Gasteiger partial charge is 0.256 e. The van der Waals surface area contributed by atoms with E-state index in [1.807, 2.05) is 12.4 Å². The zero-order chi connectivity index (χ0) is 21.8. The Kier molecular flexibility index (Phi) is 3.96. The van der Waals surface area contributed by atoms with Gasteiger partial charge >= 0.3 is 0 Å². The maximum Gasteiger partial charge on any atom is 0.0705 e. The van der Waals surface area contributed by atoms with Gasteiger partial charge < -0.3 is 0 Å². The van der Waals surface area contributed by atoms with Crippen molar-refractivity contribution in [3.63, 3.8) is 0 Å². The van der Waals surface area contributed by atoms with Crippen LogP contribution in [0.15, 0.2) is 121 Å². The van der Waals surface area contributed by atoms with Crippen molar-refractivity contribution in [2.24, 2.45) is 0 Å².